The lowest BCUT2D eigenvalue weighted by Gasteiger charge is -2.14. The van der Waals surface area contributed by atoms with Crippen LogP contribution in [0.25, 0.3) is 6.08 Å². The fourth-order valence-electron chi connectivity index (χ4n) is 3.08. The Kier molecular flexibility index (Phi) is 5.97. The zero-order valence-corrected chi connectivity index (χ0v) is 17.8. The number of nitrogens with zero attached hydrogens (tertiary/aromatic N) is 1. The first-order valence-corrected chi connectivity index (χ1v) is 10.5. The third kappa shape index (κ3) is 4.45. The Morgan fingerprint density at radius 2 is 1.87 bits per heavy atom. The van der Waals surface area contributed by atoms with Gasteiger partial charge in [0.2, 0.25) is 0 Å². The van der Waals surface area contributed by atoms with Crippen LogP contribution < -0.4 is 9.64 Å². The van der Waals surface area contributed by atoms with Gasteiger partial charge in [0, 0.05) is 5.56 Å². The van der Waals surface area contributed by atoms with Gasteiger partial charge in [0.15, 0.2) is 4.32 Å². The summed E-state index contributed by atoms with van der Waals surface area (Å²) in [5.74, 6) is 0.155. The van der Waals surface area contributed by atoms with Crippen molar-refractivity contribution in [3.63, 3.8) is 0 Å². The quantitative estimate of drug-likeness (QED) is 0.357. The summed E-state index contributed by atoms with van der Waals surface area (Å²) in [6.45, 7) is 2.11. The van der Waals surface area contributed by atoms with Crippen molar-refractivity contribution < 1.29 is 13.9 Å². The van der Waals surface area contributed by atoms with Crippen LogP contribution in [-0.4, -0.2) is 10.2 Å². The second kappa shape index (κ2) is 8.81. The van der Waals surface area contributed by atoms with Crippen molar-refractivity contribution in [1.82, 2.24) is 0 Å². The summed E-state index contributed by atoms with van der Waals surface area (Å²) in [4.78, 5) is 15.0. The van der Waals surface area contributed by atoms with Gasteiger partial charge in [0.1, 0.15) is 18.2 Å². The molecule has 150 valence electrons. The van der Waals surface area contributed by atoms with Crippen LogP contribution in [0.4, 0.5) is 10.1 Å². The van der Waals surface area contributed by atoms with Crippen molar-refractivity contribution >= 4 is 46.0 Å². The smallest absolute Gasteiger partial charge is 0.270 e. The highest BCUT2D eigenvalue weighted by molar-refractivity contribution is 8.27. The van der Waals surface area contributed by atoms with Crippen LogP contribution >= 0.6 is 24.0 Å². The van der Waals surface area contributed by atoms with E-state index in [1.807, 2.05) is 49.4 Å². The molecule has 3 aromatic rings. The molecule has 1 aliphatic heterocycles. The van der Waals surface area contributed by atoms with Gasteiger partial charge < -0.3 is 4.74 Å². The van der Waals surface area contributed by atoms with Gasteiger partial charge in [-0.1, -0.05) is 66.4 Å². The number of carbonyl (C=O) groups is 1. The van der Waals surface area contributed by atoms with Gasteiger partial charge >= 0.3 is 0 Å². The molecular formula is C24H18FNO2S2. The number of rotatable bonds is 5. The van der Waals surface area contributed by atoms with E-state index < -0.39 is 0 Å². The molecule has 0 aromatic heterocycles. The number of anilines is 1. The molecular weight excluding hydrogens is 417 g/mol. The first-order valence-electron chi connectivity index (χ1n) is 9.32. The lowest BCUT2D eigenvalue weighted by Crippen LogP contribution is -2.27. The predicted molar refractivity (Wildman–Crippen MR) is 124 cm³/mol. The normalized spacial score (nSPS) is 15.1. The summed E-state index contributed by atoms with van der Waals surface area (Å²) in [5, 5.41) is 0. The Balaban J connectivity index is 1.52. The minimum atomic E-state index is -0.298. The first kappa shape index (κ1) is 20.3. The van der Waals surface area contributed by atoms with Gasteiger partial charge in [-0.25, -0.2) is 4.39 Å². The van der Waals surface area contributed by atoms with E-state index in [-0.39, 0.29) is 18.3 Å². The lowest BCUT2D eigenvalue weighted by atomic mass is 10.2. The summed E-state index contributed by atoms with van der Waals surface area (Å²) in [5.41, 5.74) is 3.13. The maximum atomic E-state index is 13.8. The average molecular weight is 436 g/mol. The second-order valence-electron chi connectivity index (χ2n) is 6.81. The Bertz CT molecular complexity index is 1160. The van der Waals surface area contributed by atoms with E-state index in [0.717, 1.165) is 16.8 Å². The number of benzene rings is 3. The van der Waals surface area contributed by atoms with Crippen molar-refractivity contribution in [2.24, 2.45) is 0 Å². The SMILES string of the molecule is Cc1cccc(N2C(=O)/C(=C/c3cccc(OCc4ccccc4F)c3)SC2=S)c1. The molecule has 1 heterocycles. The largest absolute Gasteiger partial charge is 0.489 e. The van der Waals surface area contributed by atoms with E-state index in [2.05, 4.69) is 0 Å². The van der Waals surface area contributed by atoms with Crippen LogP contribution in [-0.2, 0) is 11.4 Å². The van der Waals surface area contributed by atoms with E-state index in [1.165, 1.54) is 17.8 Å². The van der Waals surface area contributed by atoms with Gasteiger partial charge in [0.25, 0.3) is 5.91 Å². The molecule has 1 aliphatic rings. The van der Waals surface area contributed by atoms with E-state index in [0.29, 0.717) is 20.5 Å². The summed E-state index contributed by atoms with van der Waals surface area (Å²) in [7, 11) is 0. The molecule has 4 rings (SSSR count). The molecule has 3 nitrogen and oxygen atoms in total. The monoisotopic (exact) mass is 435 g/mol. The van der Waals surface area contributed by atoms with E-state index in [4.69, 9.17) is 17.0 Å². The fraction of sp³-hybridized carbons (Fsp3) is 0.0833. The summed E-state index contributed by atoms with van der Waals surface area (Å²) >= 11 is 6.71. The molecule has 0 bridgehead atoms. The number of hydrogen-bond donors (Lipinski definition) is 0. The number of halogens is 1. The highest BCUT2D eigenvalue weighted by atomic mass is 32.2. The predicted octanol–water partition coefficient (Wildman–Crippen LogP) is 6.12. The van der Waals surface area contributed by atoms with Crippen molar-refractivity contribution in [3.8, 4) is 5.75 Å². The van der Waals surface area contributed by atoms with Crippen LogP contribution in [0.3, 0.4) is 0 Å². The number of amides is 1. The standard InChI is InChI=1S/C24H18FNO2S2/c1-16-6-4-9-19(12-16)26-23(27)22(30-24(26)29)14-17-7-5-10-20(13-17)28-15-18-8-2-3-11-21(18)25/h2-14H,15H2,1H3/b22-14-. The number of hydrogen-bond acceptors (Lipinski definition) is 4. The third-order valence-corrected chi connectivity index (χ3v) is 5.86. The zero-order valence-electron chi connectivity index (χ0n) is 16.2. The second-order valence-corrected chi connectivity index (χ2v) is 8.48. The van der Waals surface area contributed by atoms with Crippen molar-refractivity contribution in [3.05, 3.63) is 100 Å². The van der Waals surface area contributed by atoms with Gasteiger partial charge in [-0.2, -0.15) is 0 Å². The highest BCUT2D eigenvalue weighted by Gasteiger charge is 2.33. The molecule has 1 amide bonds. The molecule has 0 N–H and O–H groups in total. The van der Waals surface area contributed by atoms with Gasteiger partial charge in [0.05, 0.1) is 10.6 Å². The summed E-state index contributed by atoms with van der Waals surface area (Å²) in [6, 6.07) is 21.5. The molecule has 0 saturated carbocycles. The molecule has 0 radical (unpaired) electrons. The van der Waals surface area contributed by atoms with Gasteiger partial charge in [-0.15, -0.1) is 0 Å². The molecule has 0 unspecified atom stereocenters. The zero-order chi connectivity index (χ0) is 21.1. The molecule has 0 aliphatic carbocycles. The molecule has 1 fully saturated rings. The number of aryl methyl sites for hydroxylation is 1. The van der Waals surface area contributed by atoms with Crippen molar-refractivity contribution in [2.75, 3.05) is 4.90 Å². The van der Waals surface area contributed by atoms with E-state index in [9.17, 15) is 9.18 Å². The minimum Gasteiger partial charge on any atom is -0.489 e. The summed E-state index contributed by atoms with van der Waals surface area (Å²) in [6.07, 6.45) is 1.80. The van der Waals surface area contributed by atoms with Crippen LogP contribution in [0, 0.1) is 12.7 Å². The lowest BCUT2D eigenvalue weighted by molar-refractivity contribution is -0.113. The summed E-state index contributed by atoms with van der Waals surface area (Å²) < 4.78 is 20.0. The topological polar surface area (TPSA) is 29.5 Å². The molecule has 1 saturated heterocycles. The van der Waals surface area contributed by atoms with Crippen LogP contribution in [0.1, 0.15) is 16.7 Å². The van der Waals surface area contributed by atoms with Crippen LogP contribution in [0.15, 0.2) is 77.7 Å². The van der Waals surface area contributed by atoms with E-state index in [1.54, 1.807) is 35.2 Å². The molecule has 0 atom stereocenters. The molecule has 3 aromatic carbocycles. The number of thioether (sulfide) groups is 1. The molecule has 0 spiro atoms. The number of carbonyl (C=O) groups excluding carboxylic acids is 1. The van der Waals surface area contributed by atoms with Crippen LogP contribution in [0.5, 0.6) is 5.75 Å². The van der Waals surface area contributed by atoms with Crippen molar-refractivity contribution in [1.29, 1.82) is 0 Å². The third-order valence-electron chi connectivity index (χ3n) is 4.56. The van der Waals surface area contributed by atoms with Crippen LogP contribution in [0.2, 0.25) is 0 Å². The Morgan fingerprint density at radius 3 is 2.67 bits per heavy atom. The fourth-order valence-corrected chi connectivity index (χ4v) is 4.38. The van der Waals surface area contributed by atoms with Gasteiger partial charge in [-0.3, -0.25) is 9.69 Å². The number of ether oxygens (including phenoxy) is 1. The van der Waals surface area contributed by atoms with E-state index >= 15 is 0 Å². The maximum absolute atomic E-state index is 13.8. The molecule has 6 heteroatoms. The highest BCUT2D eigenvalue weighted by Crippen LogP contribution is 2.36. The first-order chi connectivity index (χ1) is 14.5. The average Bonchev–Trinajstić information content (AvgIpc) is 3.00. The number of thiocarbonyl (C=S) groups is 1. The Labute approximate surface area is 184 Å². The van der Waals surface area contributed by atoms with Crippen molar-refractivity contribution in [2.45, 2.75) is 13.5 Å². The minimum absolute atomic E-state index is 0.131. The maximum Gasteiger partial charge on any atom is 0.270 e. The Morgan fingerprint density at radius 1 is 1.07 bits per heavy atom. The molecule has 30 heavy (non-hydrogen) atoms. The Hall–Kier alpha value is -2.96. The van der Waals surface area contributed by atoms with Gasteiger partial charge in [-0.05, 0) is 54.5 Å².